The summed E-state index contributed by atoms with van der Waals surface area (Å²) in [6, 6.07) is 11.9. The van der Waals surface area contributed by atoms with Gasteiger partial charge in [0.05, 0.1) is 24.7 Å². The van der Waals surface area contributed by atoms with Crippen molar-refractivity contribution in [2.75, 3.05) is 31.6 Å². The number of hydrogen-bond acceptors (Lipinski definition) is 5. The highest BCUT2D eigenvalue weighted by molar-refractivity contribution is 7.89. The summed E-state index contributed by atoms with van der Waals surface area (Å²) in [7, 11) is -3.90. The number of para-hydroxylation sites is 1. The Bertz CT molecular complexity index is 960. The highest BCUT2D eigenvalue weighted by Crippen LogP contribution is 2.31. The van der Waals surface area contributed by atoms with Gasteiger partial charge in [-0.1, -0.05) is 25.1 Å². The van der Waals surface area contributed by atoms with E-state index in [1.165, 1.54) is 16.4 Å². The Morgan fingerprint density at radius 2 is 1.67 bits per heavy atom. The molecular formula is C22H30N2O5S. The average molecular weight is 435 g/mol. The summed E-state index contributed by atoms with van der Waals surface area (Å²) in [5, 5.41) is 2.79. The predicted octanol–water partition coefficient (Wildman–Crippen LogP) is 3.83. The molecule has 1 amide bonds. The summed E-state index contributed by atoms with van der Waals surface area (Å²) in [4.78, 5) is 12.6. The Labute approximate surface area is 179 Å². The molecule has 0 unspecified atom stereocenters. The molecule has 164 valence electrons. The van der Waals surface area contributed by atoms with E-state index in [0.29, 0.717) is 36.8 Å². The summed E-state index contributed by atoms with van der Waals surface area (Å²) < 4.78 is 38.8. The summed E-state index contributed by atoms with van der Waals surface area (Å²) >= 11 is 0. The molecule has 0 saturated carbocycles. The second kappa shape index (κ2) is 11.0. The number of sulfonamides is 1. The zero-order chi connectivity index (χ0) is 22.1. The molecule has 2 rings (SSSR count). The van der Waals surface area contributed by atoms with Crippen molar-refractivity contribution in [3.05, 3.63) is 48.0 Å². The molecule has 0 aliphatic carbocycles. The Morgan fingerprint density at radius 3 is 2.30 bits per heavy atom. The van der Waals surface area contributed by atoms with Crippen LogP contribution in [0, 0.1) is 6.92 Å². The molecule has 2 aromatic rings. The molecule has 7 nitrogen and oxygen atoms in total. The molecule has 8 heteroatoms. The smallest absolute Gasteiger partial charge is 0.243 e. The van der Waals surface area contributed by atoms with Crippen molar-refractivity contribution in [2.24, 2.45) is 0 Å². The molecule has 0 saturated heterocycles. The largest absolute Gasteiger partial charge is 0.490 e. The van der Waals surface area contributed by atoms with Crippen LogP contribution >= 0.6 is 0 Å². The monoisotopic (exact) mass is 434 g/mol. The predicted molar refractivity (Wildman–Crippen MR) is 118 cm³/mol. The van der Waals surface area contributed by atoms with E-state index in [0.717, 1.165) is 5.56 Å². The lowest BCUT2D eigenvalue weighted by Gasteiger charge is -2.22. The van der Waals surface area contributed by atoms with Crippen molar-refractivity contribution >= 4 is 21.6 Å². The van der Waals surface area contributed by atoms with Gasteiger partial charge in [-0.3, -0.25) is 4.79 Å². The van der Waals surface area contributed by atoms with E-state index in [-0.39, 0.29) is 18.0 Å². The van der Waals surface area contributed by atoms with Gasteiger partial charge in [0.15, 0.2) is 11.5 Å². The van der Waals surface area contributed by atoms with E-state index in [2.05, 4.69) is 5.32 Å². The van der Waals surface area contributed by atoms with Crippen molar-refractivity contribution in [1.82, 2.24) is 4.31 Å². The molecule has 0 heterocycles. The molecule has 0 fully saturated rings. The minimum absolute atomic E-state index is 0.0616. The molecule has 0 atom stereocenters. The van der Waals surface area contributed by atoms with E-state index in [1.54, 1.807) is 12.1 Å². The number of amides is 1. The number of rotatable bonds is 11. The average Bonchev–Trinajstić information content (AvgIpc) is 2.71. The number of anilines is 1. The third-order valence-corrected chi connectivity index (χ3v) is 6.21. The van der Waals surface area contributed by atoms with Crippen LogP contribution in [0.2, 0.25) is 0 Å². The van der Waals surface area contributed by atoms with Gasteiger partial charge in [-0.05, 0) is 51.0 Å². The molecule has 30 heavy (non-hydrogen) atoms. The number of hydrogen-bond donors (Lipinski definition) is 1. The summed E-state index contributed by atoms with van der Waals surface area (Å²) in [6.45, 7) is 8.17. The maximum absolute atomic E-state index is 13.3. The topological polar surface area (TPSA) is 84.9 Å². The SMILES string of the molecule is CCCN(CC(=O)Nc1ccccc1C)S(=O)(=O)c1ccc(OCC)c(OCC)c1. The first-order chi connectivity index (χ1) is 14.3. The lowest BCUT2D eigenvalue weighted by molar-refractivity contribution is -0.116. The summed E-state index contributed by atoms with van der Waals surface area (Å²) in [6.07, 6.45) is 0.576. The first-order valence-corrected chi connectivity index (χ1v) is 11.5. The van der Waals surface area contributed by atoms with Crippen molar-refractivity contribution in [3.8, 4) is 11.5 Å². The van der Waals surface area contributed by atoms with E-state index in [1.807, 2.05) is 45.9 Å². The van der Waals surface area contributed by atoms with Crippen LogP contribution in [0.15, 0.2) is 47.4 Å². The van der Waals surface area contributed by atoms with Crippen LogP contribution in [-0.2, 0) is 14.8 Å². The van der Waals surface area contributed by atoms with Crippen LogP contribution in [0.5, 0.6) is 11.5 Å². The standard InChI is InChI=1S/C22H30N2O5S/c1-5-14-24(16-22(25)23-19-11-9-8-10-17(19)4)30(26,27)18-12-13-20(28-6-2)21(15-18)29-7-3/h8-13,15H,5-7,14,16H2,1-4H3,(H,23,25). The van der Waals surface area contributed by atoms with Crippen molar-refractivity contribution in [1.29, 1.82) is 0 Å². The van der Waals surface area contributed by atoms with Gasteiger partial charge < -0.3 is 14.8 Å². The molecule has 0 aliphatic rings. The zero-order valence-corrected chi connectivity index (χ0v) is 18.8. The maximum atomic E-state index is 13.3. The Balaban J connectivity index is 2.28. The lowest BCUT2D eigenvalue weighted by atomic mass is 10.2. The van der Waals surface area contributed by atoms with Crippen LogP contribution in [-0.4, -0.2) is 44.9 Å². The molecule has 0 aliphatic heterocycles. The number of carbonyl (C=O) groups is 1. The fourth-order valence-electron chi connectivity index (χ4n) is 2.94. The van der Waals surface area contributed by atoms with E-state index in [4.69, 9.17) is 9.47 Å². The van der Waals surface area contributed by atoms with E-state index < -0.39 is 15.9 Å². The van der Waals surface area contributed by atoms with Crippen molar-refractivity contribution in [2.45, 2.75) is 39.0 Å². The fourth-order valence-corrected chi connectivity index (χ4v) is 4.44. The molecule has 0 spiro atoms. The Morgan fingerprint density at radius 1 is 1.00 bits per heavy atom. The van der Waals surface area contributed by atoms with Gasteiger partial charge in [0, 0.05) is 18.3 Å². The second-order valence-electron chi connectivity index (χ2n) is 6.68. The highest BCUT2D eigenvalue weighted by atomic mass is 32.2. The van der Waals surface area contributed by atoms with Crippen LogP contribution in [0.3, 0.4) is 0 Å². The Kier molecular flexibility index (Phi) is 8.68. The number of ether oxygens (including phenoxy) is 2. The van der Waals surface area contributed by atoms with E-state index >= 15 is 0 Å². The van der Waals surface area contributed by atoms with Gasteiger partial charge in [0.2, 0.25) is 15.9 Å². The van der Waals surface area contributed by atoms with Crippen LogP contribution in [0.4, 0.5) is 5.69 Å². The summed E-state index contributed by atoms with van der Waals surface area (Å²) in [5.41, 5.74) is 1.57. The first-order valence-electron chi connectivity index (χ1n) is 10.1. The van der Waals surface area contributed by atoms with Crippen LogP contribution < -0.4 is 14.8 Å². The molecular weight excluding hydrogens is 404 g/mol. The highest BCUT2D eigenvalue weighted by Gasteiger charge is 2.27. The lowest BCUT2D eigenvalue weighted by Crippen LogP contribution is -2.38. The Hall–Kier alpha value is -2.58. The molecule has 2 aromatic carbocycles. The summed E-state index contributed by atoms with van der Waals surface area (Å²) in [5.74, 6) is 0.455. The van der Waals surface area contributed by atoms with Gasteiger partial charge in [-0.15, -0.1) is 0 Å². The number of benzene rings is 2. The van der Waals surface area contributed by atoms with E-state index in [9.17, 15) is 13.2 Å². The third kappa shape index (κ3) is 5.96. The molecule has 1 N–H and O–H groups in total. The second-order valence-corrected chi connectivity index (χ2v) is 8.61. The quantitative estimate of drug-likeness (QED) is 0.581. The molecule has 0 bridgehead atoms. The van der Waals surface area contributed by atoms with Gasteiger partial charge in [-0.2, -0.15) is 4.31 Å². The number of aryl methyl sites for hydroxylation is 1. The van der Waals surface area contributed by atoms with Gasteiger partial charge >= 0.3 is 0 Å². The van der Waals surface area contributed by atoms with Gasteiger partial charge in [-0.25, -0.2) is 8.42 Å². The van der Waals surface area contributed by atoms with Gasteiger partial charge in [0.1, 0.15) is 0 Å². The number of nitrogens with zero attached hydrogens (tertiary/aromatic N) is 1. The minimum Gasteiger partial charge on any atom is -0.490 e. The first kappa shape index (κ1) is 23.7. The molecule has 0 radical (unpaired) electrons. The fraction of sp³-hybridized carbons (Fsp3) is 0.409. The normalized spacial score (nSPS) is 11.4. The van der Waals surface area contributed by atoms with Crippen LogP contribution in [0.25, 0.3) is 0 Å². The van der Waals surface area contributed by atoms with Crippen molar-refractivity contribution < 1.29 is 22.7 Å². The number of carbonyl (C=O) groups excluding carboxylic acids is 1. The van der Waals surface area contributed by atoms with Crippen molar-refractivity contribution in [3.63, 3.8) is 0 Å². The molecule has 0 aromatic heterocycles. The third-order valence-electron chi connectivity index (χ3n) is 4.36. The minimum atomic E-state index is -3.90. The van der Waals surface area contributed by atoms with Gasteiger partial charge in [0.25, 0.3) is 0 Å². The van der Waals surface area contributed by atoms with Crippen LogP contribution in [0.1, 0.15) is 32.8 Å². The maximum Gasteiger partial charge on any atom is 0.243 e. The number of nitrogens with one attached hydrogen (secondary N) is 1. The zero-order valence-electron chi connectivity index (χ0n) is 18.0.